The van der Waals surface area contributed by atoms with Gasteiger partial charge in [-0.05, 0) is 0 Å². The van der Waals surface area contributed by atoms with Crippen LogP contribution in [0.25, 0.3) is 0 Å². The third kappa shape index (κ3) is 47.6. The molecule has 0 aliphatic carbocycles. The first-order valence-electron chi connectivity index (χ1n) is 22.8. The van der Waals surface area contributed by atoms with Gasteiger partial charge in [0, 0.05) is 39.3 Å². The fourth-order valence-corrected chi connectivity index (χ4v) is 16.3. The Hall–Kier alpha value is 0.863. The molecule has 0 fully saturated rings. The number of halogens is 4. The average Bonchev–Trinajstić information content (AvgIpc) is 3.27. The molecule has 0 saturated heterocycles. The van der Waals surface area contributed by atoms with Gasteiger partial charge in [-0.1, -0.05) is 0 Å². The molecule has 0 heterocycles. The van der Waals surface area contributed by atoms with Gasteiger partial charge in [0.05, 0.1) is 39.6 Å². The average molecular weight is 1360 g/mol. The zero-order chi connectivity index (χ0) is 51.0. The molecule has 2 aromatic carbocycles. The summed E-state index contributed by atoms with van der Waals surface area (Å²) in [6.07, 6.45) is 11.7. The molecule has 0 amide bonds. The summed E-state index contributed by atoms with van der Waals surface area (Å²) >= 11 is 27.1. The summed E-state index contributed by atoms with van der Waals surface area (Å²) in [4.78, 5) is 25.3. The summed E-state index contributed by atoms with van der Waals surface area (Å²) in [5.74, 6) is -2.84. The molecule has 386 valence electrons. The molecule has 67 heavy (non-hydrogen) atoms. The quantitative estimate of drug-likeness (QED) is 0.0281. The van der Waals surface area contributed by atoms with Gasteiger partial charge in [-0.3, -0.25) is 9.80 Å². The maximum Gasteiger partial charge on any atom is 0.0558 e. The Morgan fingerprint density at radius 3 is 0.910 bits per heavy atom. The Bertz CT molecular complexity index is 1270. The van der Waals surface area contributed by atoms with Crippen molar-refractivity contribution in [2.75, 3.05) is 78.9 Å². The molecule has 0 aromatic heterocycles. The first kappa shape index (κ1) is 76.8. The van der Waals surface area contributed by atoms with Crippen LogP contribution in [0.1, 0.15) is 102 Å². The van der Waals surface area contributed by atoms with Gasteiger partial charge >= 0.3 is 340 Å². The molecule has 0 aliphatic heterocycles. The van der Waals surface area contributed by atoms with E-state index in [2.05, 4.69) is 27.7 Å². The van der Waals surface area contributed by atoms with Crippen molar-refractivity contribution < 1.29 is 55.9 Å². The summed E-state index contributed by atoms with van der Waals surface area (Å²) < 4.78 is 6.50. The number of hydrogen-bond acceptors (Lipinski definition) is 10. The van der Waals surface area contributed by atoms with Crippen LogP contribution in [-0.2, 0) is 9.59 Å². The van der Waals surface area contributed by atoms with E-state index >= 15 is 0 Å². The largest absolute Gasteiger partial charge is 0.395 e. The number of carboxylic acid groups (broad SMARTS) is 2. The molecule has 0 aliphatic rings. The van der Waals surface area contributed by atoms with Gasteiger partial charge in [0.1, 0.15) is 0 Å². The minimum atomic E-state index is -0.864. The van der Waals surface area contributed by atoms with E-state index in [1.54, 1.807) is 63.9 Å². The van der Waals surface area contributed by atoms with Gasteiger partial charge in [-0.25, -0.2) is 0 Å². The van der Waals surface area contributed by atoms with Gasteiger partial charge in [0.25, 0.3) is 0 Å². The smallest absolute Gasteiger partial charge is 0.0558 e. The number of hydrogen-bond donors (Lipinski definition) is 8. The van der Waals surface area contributed by atoms with Crippen molar-refractivity contribution in [3.8, 4) is 0 Å². The number of benzene rings is 2. The van der Waals surface area contributed by atoms with Crippen LogP contribution in [0.5, 0.6) is 0 Å². The van der Waals surface area contributed by atoms with Crippen molar-refractivity contribution in [1.82, 2.24) is 9.80 Å². The number of aliphatic carboxylic acids is 2. The molecule has 2 atom stereocenters. The Labute approximate surface area is 460 Å². The fourth-order valence-electron chi connectivity index (χ4n) is 5.21. The third-order valence-electron chi connectivity index (χ3n) is 9.01. The molecule has 0 saturated carbocycles. The van der Waals surface area contributed by atoms with E-state index in [0.29, 0.717) is 81.0 Å². The van der Waals surface area contributed by atoms with Gasteiger partial charge < -0.3 is 36.1 Å². The minimum Gasteiger partial charge on any atom is -0.395 e. The second-order valence-electron chi connectivity index (χ2n) is 14.5. The van der Waals surface area contributed by atoms with Crippen LogP contribution in [0.15, 0.2) is 36.4 Å². The van der Waals surface area contributed by atoms with Gasteiger partial charge in [0.15, 0.2) is 0 Å². The zero-order valence-electron chi connectivity index (χ0n) is 40.3. The molecule has 2 unspecified atom stereocenters. The Morgan fingerprint density at radius 1 is 0.507 bits per heavy atom. The fraction of sp³-hybridized carbons (Fsp3) is 0.696. The first-order chi connectivity index (χ1) is 31.6. The molecule has 10 radical (unpaired) electrons. The first-order valence-corrected chi connectivity index (χ1v) is 35.4. The van der Waals surface area contributed by atoms with Gasteiger partial charge in [-0.15, -0.1) is 0 Å². The number of rotatable bonds is 30. The normalized spacial score (nSPS) is 11.1. The van der Waals surface area contributed by atoms with Crippen LogP contribution in [-0.4, -0.2) is 222 Å². The van der Waals surface area contributed by atoms with Crippen molar-refractivity contribution in [2.24, 2.45) is 0 Å². The van der Waals surface area contributed by atoms with E-state index in [4.69, 9.17) is 87.3 Å². The van der Waals surface area contributed by atoms with Crippen LogP contribution in [0.2, 0.25) is 48.3 Å². The molecule has 0 spiro atoms. The molecule has 2 rings (SSSR count). The maximum absolute atomic E-state index is 10.9. The number of aliphatic hydroxyl groups is 6. The van der Waals surface area contributed by atoms with E-state index in [1.807, 2.05) is 33.0 Å². The summed E-state index contributed by atoms with van der Waals surface area (Å²) in [6.45, 7) is 12.7. The van der Waals surface area contributed by atoms with Crippen molar-refractivity contribution in [1.29, 1.82) is 0 Å². The van der Waals surface area contributed by atoms with Crippen molar-refractivity contribution >= 4 is 134 Å². The Kier molecular flexibility index (Phi) is 66.2. The standard InChI is InChI=1S/2C9H7Cl2GeO2.2C6H15NO3.4C4H9.H2O.2Sn/c2*10-5-1-2-6(8(11)3-5)7(4-12)9(13)14;2*8-4-1-7(2-5-9)3-6-10;4*1-3-4-2;;;/h2*1-3,7H,4H2,(H,13,14);2*8-10H,1-6H2;4*1,3-4H2,2H3;1H2;;. The summed E-state index contributed by atoms with van der Waals surface area (Å²) in [6, 6.07) is 9.73. The predicted molar refractivity (Wildman–Crippen MR) is 284 cm³/mol. The van der Waals surface area contributed by atoms with Gasteiger partial charge in [-0.2, -0.15) is 0 Å². The van der Waals surface area contributed by atoms with Crippen LogP contribution in [0.3, 0.4) is 0 Å². The summed E-state index contributed by atoms with van der Waals surface area (Å²) in [5, 5.41) is 71.6. The van der Waals surface area contributed by atoms with Crippen LogP contribution in [0.4, 0.5) is 0 Å². The summed E-state index contributed by atoms with van der Waals surface area (Å²) in [5.41, 5.74) is 1.23. The second kappa shape index (κ2) is 57.8. The minimum absolute atomic E-state index is 0. The topological polar surface area (TPSA) is 234 Å². The van der Waals surface area contributed by atoms with E-state index in [1.165, 1.54) is 51.4 Å². The van der Waals surface area contributed by atoms with E-state index in [0.717, 1.165) is 0 Å². The zero-order valence-corrected chi connectivity index (χ0v) is 53.2. The number of unbranched alkanes of at least 4 members (excludes halogenated alkanes) is 4. The second-order valence-corrected chi connectivity index (χ2v) is 26.4. The van der Waals surface area contributed by atoms with Crippen LogP contribution in [0, 0.1) is 0 Å². The van der Waals surface area contributed by atoms with E-state index in [9.17, 15) is 9.59 Å². The van der Waals surface area contributed by atoms with Crippen molar-refractivity contribution in [3.05, 3.63) is 67.6 Å². The molecule has 2 aromatic rings. The van der Waals surface area contributed by atoms with E-state index < -0.39 is 23.8 Å². The molecular weight excluding hydrogens is 1280 g/mol. The van der Waals surface area contributed by atoms with E-state index in [-0.39, 0.29) is 87.4 Å². The number of nitrogens with zero attached hydrogens (tertiary/aromatic N) is 2. The molecule has 13 nitrogen and oxygen atoms in total. The molecule has 10 N–H and O–H groups in total. The van der Waals surface area contributed by atoms with Crippen LogP contribution < -0.4 is 0 Å². The summed E-state index contributed by atoms with van der Waals surface area (Å²) in [7, 11) is 0. The molecule has 0 bridgehead atoms. The Morgan fingerprint density at radius 2 is 0.746 bits per heavy atom. The SMILES string of the molecule is CCC[CH2][Sn][CH2]CCC.CCC[CH2][Sn][CH2]CCC.O.O=C(O)C([CH2][Ge])c1ccc(Cl)cc1Cl.O=C(O)C([CH2][Ge])c1ccc(Cl)cc1Cl.OCCN(CCO)CCO.OCCN(CCO)CCO. The third-order valence-corrected chi connectivity index (χ3v) is 19.9. The van der Waals surface area contributed by atoms with Crippen LogP contribution >= 0.6 is 46.4 Å². The predicted octanol–water partition coefficient (Wildman–Crippen LogP) is 7.46. The maximum atomic E-state index is 10.9. The van der Waals surface area contributed by atoms with Gasteiger partial charge in [0.2, 0.25) is 0 Å². The number of carbonyl (C=O) groups is 2. The molecule has 21 heteroatoms. The Balaban J connectivity index is -0.000000231. The van der Waals surface area contributed by atoms with Crippen molar-refractivity contribution in [2.45, 2.75) is 119 Å². The van der Waals surface area contributed by atoms with Crippen molar-refractivity contribution in [3.63, 3.8) is 0 Å². The number of carboxylic acids is 2. The molecular formula is C46H82Cl4Ge2N2O11Sn2. The number of aliphatic hydroxyl groups excluding tert-OH is 6. The monoisotopic (exact) mass is 1370 g/mol.